The van der Waals surface area contributed by atoms with Crippen molar-refractivity contribution in [3.05, 3.63) is 58.6 Å². The lowest BCUT2D eigenvalue weighted by molar-refractivity contribution is -0.116. The van der Waals surface area contributed by atoms with Gasteiger partial charge >= 0.3 is 5.76 Å². The van der Waals surface area contributed by atoms with Crippen molar-refractivity contribution in [2.45, 2.75) is 32.8 Å². The van der Waals surface area contributed by atoms with Crippen LogP contribution in [0.3, 0.4) is 0 Å². The van der Waals surface area contributed by atoms with Gasteiger partial charge in [-0.25, -0.2) is 4.79 Å². The van der Waals surface area contributed by atoms with Crippen LogP contribution in [0.5, 0.6) is 5.75 Å². The summed E-state index contributed by atoms with van der Waals surface area (Å²) in [5, 5.41) is 2.89. The van der Waals surface area contributed by atoms with E-state index in [0.717, 1.165) is 5.56 Å². The topological polar surface area (TPSA) is 84.3 Å². The monoisotopic (exact) mass is 340 g/mol. The number of carbonyl (C=O) groups excluding carboxylic acids is 1. The van der Waals surface area contributed by atoms with Crippen LogP contribution >= 0.6 is 0 Å². The lowest BCUT2D eigenvalue weighted by Gasteiger charge is -2.14. The standard InChI is InChI=1S/C19H20N2O4/c1-12(2)24-16-6-4-3-5-14(16)20-18(22)10-8-13-7-9-17-15(11-13)21-19(23)25-17/h3-7,9,11-12H,8,10H2,1-2H3,(H,20,22)(H,21,23). The molecule has 3 rings (SSSR count). The summed E-state index contributed by atoms with van der Waals surface area (Å²) in [6, 6.07) is 12.8. The minimum absolute atomic E-state index is 0.0295. The van der Waals surface area contributed by atoms with E-state index in [9.17, 15) is 9.59 Å². The van der Waals surface area contributed by atoms with Gasteiger partial charge in [0.25, 0.3) is 0 Å². The molecule has 0 fully saturated rings. The number of aromatic amines is 1. The zero-order valence-electron chi connectivity index (χ0n) is 14.2. The van der Waals surface area contributed by atoms with Gasteiger partial charge < -0.3 is 14.5 Å². The first-order chi connectivity index (χ1) is 12.0. The number of carbonyl (C=O) groups is 1. The van der Waals surface area contributed by atoms with Gasteiger partial charge in [-0.15, -0.1) is 0 Å². The molecule has 6 heteroatoms. The summed E-state index contributed by atoms with van der Waals surface area (Å²) in [6.07, 6.45) is 0.910. The molecule has 6 nitrogen and oxygen atoms in total. The smallest absolute Gasteiger partial charge is 0.417 e. The van der Waals surface area contributed by atoms with Crippen molar-refractivity contribution >= 4 is 22.7 Å². The Morgan fingerprint density at radius 1 is 1.24 bits per heavy atom. The number of amides is 1. The van der Waals surface area contributed by atoms with Gasteiger partial charge in [-0.2, -0.15) is 0 Å². The molecule has 25 heavy (non-hydrogen) atoms. The Hall–Kier alpha value is -3.02. The fourth-order valence-electron chi connectivity index (χ4n) is 2.55. The number of nitrogens with one attached hydrogen (secondary N) is 2. The van der Waals surface area contributed by atoms with E-state index < -0.39 is 5.76 Å². The second kappa shape index (κ2) is 7.25. The molecule has 1 heterocycles. The van der Waals surface area contributed by atoms with Crippen LogP contribution in [0.2, 0.25) is 0 Å². The predicted molar refractivity (Wildman–Crippen MR) is 96.0 cm³/mol. The van der Waals surface area contributed by atoms with Gasteiger partial charge in [0.1, 0.15) is 5.75 Å². The number of oxazole rings is 1. The summed E-state index contributed by atoms with van der Waals surface area (Å²) in [7, 11) is 0. The van der Waals surface area contributed by atoms with Gasteiger partial charge in [0.05, 0.1) is 17.3 Å². The molecule has 2 aromatic carbocycles. The van der Waals surface area contributed by atoms with E-state index in [-0.39, 0.29) is 12.0 Å². The molecule has 0 saturated heterocycles. The number of aromatic nitrogens is 1. The Labute approximate surface area is 144 Å². The number of ether oxygens (including phenoxy) is 1. The molecule has 0 aliphatic carbocycles. The highest BCUT2D eigenvalue weighted by Crippen LogP contribution is 2.25. The second-order valence-electron chi connectivity index (χ2n) is 6.06. The average Bonchev–Trinajstić information content (AvgIpc) is 2.93. The molecule has 2 N–H and O–H groups in total. The predicted octanol–water partition coefficient (Wildman–Crippen LogP) is 3.48. The maximum atomic E-state index is 12.2. The molecule has 0 atom stereocenters. The summed E-state index contributed by atoms with van der Waals surface area (Å²) in [5.74, 6) is 0.0792. The first kappa shape index (κ1) is 16.8. The Balaban J connectivity index is 1.63. The molecular weight excluding hydrogens is 320 g/mol. The van der Waals surface area contributed by atoms with Crippen molar-refractivity contribution in [2.75, 3.05) is 5.32 Å². The Morgan fingerprint density at radius 2 is 2.04 bits per heavy atom. The third kappa shape index (κ3) is 4.29. The third-order valence-corrected chi connectivity index (χ3v) is 3.65. The van der Waals surface area contributed by atoms with Gasteiger partial charge in [-0.3, -0.25) is 9.78 Å². The minimum Gasteiger partial charge on any atom is -0.489 e. The van der Waals surface area contributed by atoms with E-state index >= 15 is 0 Å². The molecular formula is C19H20N2O4. The Kier molecular flexibility index (Phi) is 4.88. The molecule has 0 saturated carbocycles. The van der Waals surface area contributed by atoms with E-state index in [2.05, 4.69) is 10.3 Å². The molecule has 0 spiro atoms. The van der Waals surface area contributed by atoms with Crippen LogP contribution < -0.4 is 15.8 Å². The fourth-order valence-corrected chi connectivity index (χ4v) is 2.55. The second-order valence-corrected chi connectivity index (χ2v) is 6.06. The number of para-hydroxylation sites is 2. The minimum atomic E-state index is -0.480. The molecule has 0 radical (unpaired) electrons. The Morgan fingerprint density at radius 3 is 2.84 bits per heavy atom. The summed E-state index contributed by atoms with van der Waals surface area (Å²) in [5.41, 5.74) is 2.76. The zero-order valence-corrected chi connectivity index (χ0v) is 14.2. The fraction of sp³-hybridized carbons (Fsp3) is 0.263. The number of benzene rings is 2. The van der Waals surface area contributed by atoms with Crippen LogP contribution in [0.15, 0.2) is 51.7 Å². The molecule has 1 aromatic heterocycles. The van der Waals surface area contributed by atoms with Crippen LogP contribution in [0.1, 0.15) is 25.8 Å². The van der Waals surface area contributed by atoms with E-state index in [0.29, 0.717) is 35.4 Å². The SMILES string of the molecule is CC(C)Oc1ccccc1NC(=O)CCc1ccc2oc(=O)[nH]c2c1. The first-order valence-electron chi connectivity index (χ1n) is 8.18. The van der Waals surface area contributed by atoms with Crippen LogP contribution in [0, 0.1) is 0 Å². The van der Waals surface area contributed by atoms with E-state index in [1.165, 1.54) is 0 Å². The quantitative estimate of drug-likeness (QED) is 0.719. The highest BCUT2D eigenvalue weighted by atomic mass is 16.5. The lowest BCUT2D eigenvalue weighted by Crippen LogP contribution is -2.14. The van der Waals surface area contributed by atoms with Crippen molar-refractivity contribution in [1.82, 2.24) is 4.98 Å². The van der Waals surface area contributed by atoms with Crippen LogP contribution in [-0.4, -0.2) is 17.0 Å². The zero-order chi connectivity index (χ0) is 17.8. The summed E-state index contributed by atoms with van der Waals surface area (Å²) in [4.78, 5) is 26.0. The molecule has 3 aromatic rings. The lowest BCUT2D eigenvalue weighted by atomic mass is 10.1. The molecule has 130 valence electrons. The van der Waals surface area contributed by atoms with E-state index in [1.807, 2.05) is 50.2 Å². The van der Waals surface area contributed by atoms with Gasteiger partial charge in [0, 0.05) is 6.42 Å². The van der Waals surface area contributed by atoms with Crippen LogP contribution in [0.25, 0.3) is 11.1 Å². The number of aryl methyl sites for hydroxylation is 1. The highest BCUT2D eigenvalue weighted by molar-refractivity contribution is 5.92. The van der Waals surface area contributed by atoms with Crippen LogP contribution in [0.4, 0.5) is 5.69 Å². The van der Waals surface area contributed by atoms with Gasteiger partial charge in [-0.1, -0.05) is 18.2 Å². The maximum Gasteiger partial charge on any atom is 0.417 e. The molecule has 1 amide bonds. The number of fused-ring (bicyclic) bond motifs is 1. The largest absolute Gasteiger partial charge is 0.489 e. The summed E-state index contributed by atoms with van der Waals surface area (Å²) >= 11 is 0. The van der Waals surface area contributed by atoms with E-state index in [1.54, 1.807) is 6.07 Å². The number of anilines is 1. The maximum absolute atomic E-state index is 12.2. The van der Waals surface area contributed by atoms with Crippen LogP contribution in [-0.2, 0) is 11.2 Å². The van der Waals surface area contributed by atoms with Gasteiger partial charge in [0.2, 0.25) is 5.91 Å². The van der Waals surface area contributed by atoms with Gasteiger partial charge in [-0.05, 0) is 50.1 Å². The number of hydrogen-bond donors (Lipinski definition) is 2. The molecule has 0 aliphatic rings. The van der Waals surface area contributed by atoms with Crippen molar-refractivity contribution in [3.63, 3.8) is 0 Å². The molecule has 0 unspecified atom stereocenters. The van der Waals surface area contributed by atoms with Crippen molar-refractivity contribution in [3.8, 4) is 5.75 Å². The number of H-pyrrole nitrogens is 1. The highest BCUT2D eigenvalue weighted by Gasteiger charge is 2.10. The summed E-state index contributed by atoms with van der Waals surface area (Å²) in [6.45, 7) is 3.88. The van der Waals surface area contributed by atoms with Crippen molar-refractivity contribution in [2.24, 2.45) is 0 Å². The summed E-state index contributed by atoms with van der Waals surface area (Å²) < 4.78 is 10.7. The van der Waals surface area contributed by atoms with Crippen molar-refractivity contribution in [1.29, 1.82) is 0 Å². The Bertz CT molecular complexity index is 940. The number of rotatable bonds is 6. The number of hydrogen-bond acceptors (Lipinski definition) is 4. The molecule has 0 bridgehead atoms. The third-order valence-electron chi connectivity index (χ3n) is 3.65. The normalized spacial score (nSPS) is 11.0. The van der Waals surface area contributed by atoms with E-state index in [4.69, 9.17) is 9.15 Å². The van der Waals surface area contributed by atoms with Gasteiger partial charge in [0.15, 0.2) is 5.58 Å². The first-order valence-corrected chi connectivity index (χ1v) is 8.18. The average molecular weight is 340 g/mol. The van der Waals surface area contributed by atoms with Crippen molar-refractivity contribution < 1.29 is 13.9 Å². The molecule has 0 aliphatic heterocycles.